The third-order valence-corrected chi connectivity index (χ3v) is 7.97. The predicted octanol–water partition coefficient (Wildman–Crippen LogP) is 3.36. The van der Waals surface area contributed by atoms with Gasteiger partial charge >= 0.3 is 6.01 Å². The monoisotopic (exact) mass is 531 g/mol. The Kier molecular flexibility index (Phi) is 6.04. The summed E-state index contributed by atoms with van der Waals surface area (Å²) >= 11 is 0. The zero-order valence-corrected chi connectivity index (χ0v) is 21.8. The number of hydrogen-bond acceptors (Lipinski definition) is 8. The molecule has 0 saturated carbocycles. The molecule has 0 unspecified atom stereocenters. The average Bonchev–Trinajstić information content (AvgIpc) is 3.68. The first kappa shape index (κ1) is 24.2. The van der Waals surface area contributed by atoms with E-state index in [2.05, 4.69) is 25.2 Å². The second-order valence-electron chi connectivity index (χ2n) is 10.6. The van der Waals surface area contributed by atoms with Gasteiger partial charge in [0.25, 0.3) is 5.91 Å². The van der Waals surface area contributed by atoms with Gasteiger partial charge in [0.15, 0.2) is 5.82 Å². The number of nitrogens with one attached hydrogen (secondary N) is 1. The second kappa shape index (κ2) is 9.73. The molecule has 10 nitrogen and oxygen atoms in total. The molecule has 5 heterocycles. The Labute approximate surface area is 224 Å². The predicted molar refractivity (Wildman–Crippen MR) is 145 cm³/mol. The van der Waals surface area contributed by atoms with Gasteiger partial charge < -0.3 is 19.7 Å². The fraction of sp³-hybridized carbons (Fsp3) is 0.429. The zero-order chi connectivity index (χ0) is 26.5. The molecular formula is C28H30FN7O3. The van der Waals surface area contributed by atoms with Crippen molar-refractivity contribution in [3.8, 4) is 6.01 Å². The van der Waals surface area contributed by atoms with Gasteiger partial charge in [-0.1, -0.05) is 0 Å². The van der Waals surface area contributed by atoms with E-state index in [1.807, 2.05) is 6.07 Å². The minimum absolute atomic E-state index is 0.118. The van der Waals surface area contributed by atoms with Crippen molar-refractivity contribution in [2.75, 3.05) is 49.6 Å². The summed E-state index contributed by atoms with van der Waals surface area (Å²) in [4.78, 5) is 27.7. The van der Waals surface area contributed by atoms with Gasteiger partial charge in [0.1, 0.15) is 11.6 Å². The number of anilines is 2. The first-order chi connectivity index (χ1) is 19.0. The minimum atomic E-state index is -0.494. The number of ether oxygens (including phenoxy) is 2. The summed E-state index contributed by atoms with van der Waals surface area (Å²) < 4.78 is 27.6. The molecule has 2 aromatic carbocycles. The van der Waals surface area contributed by atoms with Gasteiger partial charge in [-0.2, -0.15) is 10.1 Å². The molecule has 0 bridgehead atoms. The molecule has 3 saturated heterocycles. The van der Waals surface area contributed by atoms with Gasteiger partial charge in [-0.3, -0.25) is 14.4 Å². The summed E-state index contributed by atoms with van der Waals surface area (Å²) in [6.45, 7) is 5.14. The lowest BCUT2D eigenvalue weighted by molar-refractivity contribution is 0.102. The van der Waals surface area contributed by atoms with Gasteiger partial charge in [0.2, 0.25) is 0 Å². The van der Waals surface area contributed by atoms with E-state index in [0.29, 0.717) is 41.4 Å². The molecule has 11 heteroatoms. The van der Waals surface area contributed by atoms with Crippen molar-refractivity contribution in [1.29, 1.82) is 0 Å². The maximum absolute atomic E-state index is 14.7. The van der Waals surface area contributed by atoms with Crippen LogP contribution < -0.4 is 15.0 Å². The largest absolute Gasteiger partial charge is 0.458 e. The van der Waals surface area contributed by atoms with Crippen molar-refractivity contribution in [3.05, 3.63) is 48.0 Å². The summed E-state index contributed by atoms with van der Waals surface area (Å²) in [7, 11) is 1.73. The number of halogens is 1. The zero-order valence-electron chi connectivity index (χ0n) is 21.8. The van der Waals surface area contributed by atoms with E-state index in [-0.39, 0.29) is 23.5 Å². The topological polar surface area (TPSA) is 97.6 Å². The Morgan fingerprint density at radius 2 is 2.10 bits per heavy atom. The Bertz CT molecular complexity index is 1570. The summed E-state index contributed by atoms with van der Waals surface area (Å²) in [5.41, 5.74) is 2.49. The molecule has 0 spiro atoms. The van der Waals surface area contributed by atoms with Crippen LogP contribution in [0.5, 0.6) is 6.01 Å². The van der Waals surface area contributed by atoms with E-state index >= 15 is 0 Å². The summed E-state index contributed by atoms with van der Waals surface area (Å²) in [5.74, 6) is -0.880. The number of piperazine rings is 1. The number of rotatable bonds is 5. The van der Waals surface area contributed by atoms with Crippen LogP contribution in [0, 0.1) is 5.82 Å². The molecule has 1 N–H and O–H groups in total. The molecule has 0 radical (unpaired) electrons. The van der Waals surface area contributed by atoms with E-state index in [1.54, 1.807) is 36.3 Å². The summed E-state index contributed by atoms with van der Waals surface area (Å²) in [6.07, 6.45) is 6.55. The Hall–Kier alpha value is -3.83. The highest BCUT2D eigenvalue weighted by Crippen LogP contribution is 2.33. The molecule has 4 aromatic rings. The number of benzene rings is 2. The maximum atomic E-state index is 14.7. The van der Waals surface area contributed by atoms with Crippen LogP contribution in [0.1, 0.15) is 29.6 Å². The molecule has 3 aliphatic rings. The smallest absolute Gasteiger partial charge is 0.317 e. The van der Waals surface area contributed by atoms with Gasteiger partial charge in [-0.05, 0) is 43.7 Å². The highest BCUT2D eigenvalue weighted by Gasteiger charge is 2.32. The van der Waals surface area contributed by atoms with E-state index in [1.165, 1.54) is 25.5 Å². The van der Waals surface area contributed by atoms with Crippen LogP contribution in [0.15, 0.2) is 36.7 Å². The summed E-state index contributed by atoms with van der Waals surface area (Å²) in [6, 6.07) is 7.52. The van der Waals surface area contributed by atoms with Crippen LogP contribution in [-0.2, 0) is 11.8 Å². The third-order valence-electron chi connectivity index (χ3n) is 7.97. The average molecular weight is 532 g/mol. The number of fused-ring (bicyclic) bond motifs is 3. The van der Waals surface area contributed by atoms with Gasteiger partial charge in [0.05, 0.1) is 24.3 Å². The number of nitrogens with zero attached hydrogens (tertiary/aromatic N) is 6. The van der Waals surface area contributed by atoms with Crippen molar-refractivity contribution in [2.45, 2.75) is 31.4 Å². The van der Waals surface area contributed by atoms with E-state index in [0.717, 1.165) is 37.1 Å². The summed E-state index contributed by atoms with van der Waals surface area (Å²) in [5, 5.41) is 8.39. The minimum Gasteiger partial charge on any atom is -0.458 e. The second-order valence-corrected chi connectivity index (χ2v) is 10.6. The van der Waals surface area contributed by atoms with Crippen LogP contribution in [-0.4, -0.2) is 82.1 Å². The lowest BCUT2D eigenvalue weighted by Crippen LogP contribution is -2.50. The molecule has 2 aromatic heterocycles. The number of aryl methyl sites for hydroxylation is 1. The van der Waals surface area contributed by atoms with E-state index < -0.39 is 5.82 Å². The van der Waals surface area contributed by atoms with Crippen molar-refractivity contribution in [2.24, 2.45) is 7.05 Å². The first-order valence-corrected chi connectivity index (χ1v) is 13.5. The molecule has 39 heavy (non-hydrogen) atoms. The molecule has 2 atom stereocenters. The lowest BCUT2D eigenvalue weighted by Gasteiger charge is -2.39. The van der Waals surface area contributed by atoms with E-state index in [4.69, 9.17) is 14.5 Å². The van der Waals surface area contributed by atoms with Crippen LogP contribution in [0.3, 0.4) is 0 Å². The third kappa shape index (κ3) is 4.55. The number of carbonyl (C=O) groups is 1. The molecule has 7 rings (SSSR count). The number of hydrogen-bond donors (Lipinski definition) is 1. The fourth-order valence-electron chi connectivity index (χ4n) is 6.05. The van der Waals surface area contributed by atoms with Gasteiger partial charge in [-0.25, -0.2) is 9.37 Å². The van der Waals surface area contributed by atoms with Crippen molar-refractivity contribution in [1.82, 2.24) is 24.6 Å². The molecular weight excluding hydrogens is 501 g/mol. The Balaban J connectivity index is 1.25. The Morgan fingerprint density at radius 3 is 2.97 bits per heavy atom. The first-order valence-electron chi connectivity index (χ1n) is 13.5. The molecule has 3 aliphatic heterocycles. The molecule has 3 fully saturated rings. The van der Waals surface area contributed by atoms with Gasteiger partial charge in [-0.15, -0.1) is 0 Å². The van der Waals surface area contributed by atoms with Gasteiger partial charge in [0, 0.05) is 73.7 Å². The van der Waals surface area contributed by atoms with Crippen molar-refractivity contribution in [3.63, 3.8) is 0 Å². The SMILES string of the molecule is Cn1cc2cc(NC(=O)c3ccc(N4CCN5CCC[C@@H]5C4)c4cnc(O[C@@H]5CCOC5)nc34)cc(F)c2n1. The van der Waals surface area contributed by atoms with Crippen LogP contribution in [0.4, 0.5) is 15.8 Å². The molecule has 0 aliphatic carbocycles. The molecule has 1 amide bonds. The fourth-order valence-corrected chi connectivity index (χ4v) is 6.05. The standard InChI is InChI=1S/C28H30FN7O3/c1-34-14-17-11-18(12-23(29)25(17)33-34)31-27(37)21-4-5-24(36-9-8-35-7-2-3-19(35)15-36)22-13-30-28(32-26(21)22)39-20-6-10-38-16-20/h4-5,11-14,19-20H,2-3,6-10,15-16H2,1H3,(H,31,37)/t19-,20-/m1/s1. The highest BCUT2D eigenvalue weighted by molar-refractivity contribution is 6.14. The maximum Gasteiger partial charge on any atom is 0.317 e. The van der Waals surface area contributed by atoms with E-state index in [9.17, 15) is 9.18 Å². The number of amides is 1. The normalized spacial score (nSPS) is 21.5. The molecule has 202 valence electrons. The highest BCUT2D eigenvalue weighted by atomic mass is 19.1. The van der Waals surface area contributed by atoms with Crippen molar-refractivity contribution >= 4 is 39.1 Å². The van der Waals surface area contributed by atoms with Crippen molar-refractivity contribution < 1.29 is 18.7 Å². The number of carbonyl (C=O) groups excluding carboxylic acids is 1. The quantitative estimate of drug-likeness (QED) is 0.419. The number of aromatic nitrogens is 4. The van der Waals surface area contributed by atoms with Crippen LogP contribution in [0.2, 0.25) is 0 Å². The lowest BCUT2D eigenvalue weighted by atomic mass is 10.1. The van der Waals surface area contributed by atoms with Crippen LogP contribution >= 0.6 is 0 Å². The Morgan fingerprint density at radius 1 is 1.18 bits per heavy atom. The van der Waals surface area contributed by atoms with Crippen LogP contribution in [0.25, 0.3) is 21.8 Å².